The monoisotopic (exact) mass is 460 g/mol. The molecule has 0 saturated carbocycles. The molecule has 0 fully saturated rings. The SMILES string of the molecule is CC(OC(=O)c1cccc(S(=O)(=O)N(C)C(C)C)c1)C(=O)Nc1ccc2[nH]c(=O)[nH]c2c1. The number of fused-ring (bicyclic) bond motifs is 1. The Kier molecular flexibility index (Phi) is 6.51. The number of nitrogens with zero attached hydrogens (tertiary/aromatic N) is 1. The molecule has 170 valence electrons. The Morgan fingerprint density at radius 3 is 2.41 bits per heavy atom. The van der Waals surface area contributed by atoms with E-state index in [9.17, 15) is 22.8 Å². The molecule has 1 unspecified atom stereocenters. The average Bonchev–Trinajstić information content (AvgIpc) is 3.12. The van der Waals surface area contributed by atoms with E-state index in [2.05, 4.69) is 15.3 Å². The summed E-state index contributed by atoms with van der Waals surface area (Å²) in [6, 6.07) is 9.99. The molecule has 32 heavy (non-hydrogen) atoms. The molecular weight excluding hydrogens is 436 g/mol. The molecule has 0 aliphatic carbocycles. The molecule has 1 amide bonds. The molecule has 0 aliphatic rings. The van der Waals surface area contributed by atoms with Gasteiger partial charge in [-0.05, 0) is 57.2 Å². The van der Waals surface area contributed by atoms with Gasteiger partial charge in [-0.2, -0.15) is 4.31 Å². The molecule has 3 aromatic rings. The van der Waals surface area contributed by atoms with Crippen LogP contribution in [-0.4, -0.2) is 53.8 Å². The van der Waals surface area contributed by atoms with E-state index in [1.54, 1.807) is 32.0 Å². The van der Waals surface area contributed by atoms with Gasteiger partial charge in [-0.15, -0.1) is 0 Å². The van der Waals surface area contributed by atoms with Gasteiger partial charge in [-0.25, -0.2) is 18.0 Å². The Morgan fingerprint density at radius 2 is 1.72 bits per heavy atom. The summed E-state index contributed by atoms with van der Waals surface area (Å²) in [5, 5.41) is 2.61. The van der Waals surface area contributed by atoms with Crippen LogP contribution in [0.3, 0.4) is 0 Å². The average molecular weight is 461 g/mol. The number of amides is 1. The van der Waals surface area contributed by atoms with Gasteiger partial charge >= 0.3 is 11.7 Å². The number of benzene rings is 2. The van der Waals surface area contributed by atoms with Gasteiger partial charge in [-0.3, -0.25) is 4.79 Å². The van der Waals surface area contributed by atoms with Crippen molar-refractivity contribution in [1.82, 2.24) is 14.3 Å². The number of hydrogen-bond acceptors (Lipinski definition) is 6. The van der Waals surface area contributed by atoms with E-state index in [-0.39, 0.29) is 22.2 Å². The zero-order valence-corrected chi connectivity index (χ0v) is 18.8. The van der Waals surface area contributed by atoms with Crippen molar-refractivity contribution in [3.8, 4) is 0 Å². The predicted octanol–water partition coefficient (Wildman–Crippen LogP) is 2.07. The lowest BCUT2D eigenvalue weighted by Crippen LogP contribution is -2.33. The Bertz CT molecular complexity index is 1330. The highest BCUT2D eigenvalue weighted by Crippen LogP contribution is 2.19. The molecule has 1 heterocycles. The van der Waals surface area contributed by atoms with Crippen LogP contribution in [0.2, 0.25) is 0 Å². The minimum atomic E-state index is -3.78. The second-order valence-corrected chi connectivity index (χ2v) is 9.52. The molecule has 1 aromatic heterocycles. The molecule has 0 aliphatic heterocycles. The number of aromatic amines is 2. The first-order valence-corrected chi connectivity index (χ1v) is 11.2. The Morgan fingerprint density at radius 1 is 1.03 bits per heavy atom. The van der Waals surface area contributed by atoms with E-state index in [0.717, 1.165) is 0 Å². The summed E-state index contributed by atoms with van der Waals surface area (Å²) in [5.74, 6) is -1.42. The minimum absolute atomic E-state index is 0.00852. The van der Waals surface area contributed by atoms with Gasteiger partial charge in [0.15, 0.2) is 6.10 Å². The highest BCUT2D eigenvalue weighted by Gasteiger charge is 2.25. The molecule has 11 heteroatoms. The fourth-order valence-corrected chi connectivity index (χ4v) is 4.28. The second-order valence-electron chi connectivity index (χ2n) is 7.52. The molecule has 3 N–H and O–H groups in total. The van der Waals surface area contributed by atoms with Crippen molar-refractivity contribution in [1.29, 1.82) is 0 Å². The third-order valence-corrected chi connectivity index (χ3v) is 6.94. The fraction of sp³-hybridized carbons (Fsp3) is 0.286. The summed E-state index contributed by atoms with van der Waals surface area (Å²) in [6.07, 6.45) is -1.15. The van der Waals surface area contributed by atoms with Crippen LogP contribution >= 0.6 is 0 Å². The van der Waals surface area contributed by atoms with Crippen LogP contribution in [0.4, 0.5) is 5.69 Å². The van der Waals surface area contributed by atoms with E-state index in [0.29, 0.717) is 16.7 Å². The van der Waals surface area contributed by atoms with Crippen molar-refractivity contribution in [3.63, 3.8) is 0 Å². The maximum atomic E-state index is 12.7. The summed E-state index contributed by atoms with van der Waals surface area (Å²) in [6.45, 7) is 4.87. The number of ether oxygens (including phenoxy) is 1. The summed E-state index contributed by atoms with van der Waals surface area (Å²) < 4.78 is 31.7. The van der Waals surface area contributed by atoms with E-state index < -0.39 is 28.0 Å². The largest absolute Gasteiger partial charge is 0.449 e. The number of rotatable bonds is 7. The lowest BCUT2D eigenvalue weighted by molar-refractivity contribution is -0.123. The number of hydrogen-bond donors (Lipinski definition) is 3. The number of anilines is 1. The summed E-state index contributed by atoms with van der Waals surface area (Å²) in [4.78, 5) is 41.4. The van der Waals surface area contributed by atoms with Gasteiger partial charge in [0.1, 0.15) is 0 Å². The van der Waals surface area contributed by atoms with Crippen LogP contribution < -0.4 is 11.0 Å². The van der Waals surface area contributed by atoms with Crippen molar-refractivity contribution in [2.75, 3.05) is 12.4 Å². The van der Waals surface area contributed by atoms with Gasteiger partial charge in [0.2, 0.25) is 10.0 Å². The summed E-state index contributed by atoms with van der Waals surface area (Å²) >= 11 is 0. The molecule has 3 rings (SSSR count). The topological polar surface area (TPSA) is 141 Å². The number of nitrogens with one attached hydrogen (secondary N) is 3. The van der Waals surface area contributed by atoms with Crippen molar-refractivity contribution >= 4 is 38.6 Å². The van der Waals surface area contributed by atoms with E-state index in [1.165, 1.54) is 42.5 Å². The Hall–Kier alpha value is -3.44. The third kappa shape index (κ3) is 4.89. The minimum Gasteiger partial charge on any atom is -0.449 e. The molecule has 1 atom stereocenters. The first kappa shape index (κ1) is 23.2. The third-order valence-electron chi connectivity index (χ3n) is 4.91. The maximum absolute atomic E-state index is 12.7. The quantitative estimate of drug-likeness (QED) is 0.461. The van der Waals surface area contributed by atoms with Gasteiger partial charge in [0, 0.05) is 18.8 Å². The fourth-order valence-electron chi connectivity index (χ4n) is 2.86. The van der Waals surface area contributed by atoms with E-state index in [4.69, 9.17) is 4.74 Å². The normalized spacial score (nSPS) is 12.8. The van der Waals surface area contributed by atoms with Crippen LogP contribution in [0, 0.1) is 0 Å². The molecule has 10 nitrogen and oxygen atoms in total. The Balaban J connectivity index is 1.70. The number of H-pyrrole nitrogens is 2. The van der Waals surface area contributed by atoms with Gasteiger partial charge in [-0.1, -0.05) is 6.07 Å². The molecule has 0 saturated heterocycles. The number of carbonyl (C=O) groups excluding carboxylic acids is 2. The van der Waals surface area contributed by atoms with Gasteiger partial charge < -0.3 is 20.0 Å². The zero-order chi connectivity index (χ0) is 23.6. The first-order valence-electron chi connectivity index (χ1n) is 9.81. The molecule has 0 spiro atoms. The second kappa shape index (κ2) is 8.97. The highest BCUT2D eigenvalue weighted by atomic mass is 32.2. The van der Waals surface area contributed by atoms with E-state index in [1.807, 2.05) is 0 Å². The van der Waals surface area contributed by atoms with Crippen LogP contribution in [0.25, 0.3) is 11.0 Å². The van der Waals surface area contributed by atoms with Crippen LogP contribution in [0.15, 0.2) is 52.2 Å². The van der Waals surface area contributed by atoms with Crippen LogP contribution in [-0.2, 0) is 19.6 Å². The number of esters is 1. The number of aromatic nitrogens is 2. The van der Waals surface area contributed by atoms with Crippen molar-refractivity contribution in [3.05, 3.63) is 58.5 Å². The van der Waals surface area contributed by atoms with Crippen molar-refractivity contribution in [2.24, 2.45) is 0 Å². The molecular formula is C21H24N4O6S. The van der Waals surface area contributed by atoms with Crippen LogP contribution in [0.1, 0.15) is 31.1 Å². The van der Waals surface area contributed by atoms with Gasteiger partial charge in [0.05, 0.1) is 21.5 Å². The van der Waals surface area contributed by atoms with Crippen LogP contribution in [0.5, 0.6) is 0 Å². The predicted molar refractivity (Wildman–Crippen MR) is 119 cm³/mol. The number of sulfonamides is 1. The lowest BCUT2D eigenvalue weighted by atomic mass is 10.2. The number of imidazole rings is 1. The standard InChI is InChI=1S/C21H24N4O6S/c1-12(2)25(4)32(29,30)16-7-5-6-14(10-16)20(27)31-13(3)19(26)22-15-8-9-17-18(11-15)24-21(28)23-17/h5-13H,1-4H3,(H,22,26)(H2,23,24,28). The molecule has 0 radical (unpaired) electrons. The first-order chi connectivity index (χ1) is 15.0. The molecule has 2 aromatic carbocycles. The Labute approximate surface area is 184 Å². The zero-order valence-electron chi connectivity index (χ0n) is 18.0. The highest BCUT2D eigenvalue weighted by molar-refractivity contribution is 7.89. The van der Waals surface area contributed by atoms with Crippen molar-refractivity contribution < 1.29 is 22.7 Å². The number of carbonyl (C=O) groups is 2. The summed E-state index contributed by atoms with van der Waals surface area (Å²) in [5.41, 5.74) is 1.15. The summed E-state index contributed by atoms with van der Waals surface area (Å²) in [7, 11) is -2.32. The smallest absolute Gasteiger partial charge is 0.338 e. The molecule has 0 bridgehead atoms. The van der Waals surface area contributed by atoms with Crippen molar-refractivity contribution in [2.45, 2.75) is 37.8 Å². The van der Waals surface area contributed by atoms with E-state index >= 15 is 0 Å². The lowest BCUT2D eigenvalue weighted by Gasteiger charge is -2.21. The maximum Gasteiger partial charge on any atom is 0.338 e. The van der Waals surface area contributed by atoms with Gasteiger partial charge in [0.25, 0.3) is 5.91 Å².